The van der Waals surface area contributed by atoms with Gasteiger partial charge >= 0.3 is 0 Å². The van der Waals surface area contributed by atoms with E-state index in [1.807, 2.05) is 29.2 Å². The molecule has 0 bridgehead atoms. The van der Waals surface area contributed by atoms with Crippen molar-refractivity contribution in [3.05, 3.63) is 41.0 Å². The van der Waals surface area contributed by atoms with E-state index < -0.39 is 0 Å². The maximum atomic E-state index is 11.6. The maximum absolute atomic E-state index is 11.6. The SMILES string of the molecule is C.N#Cc1c2c(c(N3CCC(C#N)CC3)n3c1nc1ccccc13)CN(CC(N)=O)CC2. The zero-order valence-corrected chi connectivity index (χ0v) is 17.2. The lowest BCUT2D eigenvalue weighted by atomic mass is 9.93. The maximum Gasteiger partial charge on any atom is 0.231 e. The molecular weight excluding hydrogens is 402 g/mol. The average molecular weight is 430 g/mol. The Hall–Kier alpha value is -3.62. The monoisotopic (exact) mass is 429 g/mol. The van der Waals surface area contributed by atoms with Gasteiger partial charge in [-0.1, -0.05) is 19.6 Å². The fraction of sp³-hybridized carbons (Fsp3) is 0.417. The van der Waals surface area contributed by atoms with Crippen molar-refractivity contribution in [1.82, 2.24) is 14.3 Å². The fourth-order valence-corrected chi connectivity index (χ4v) is 5.00. The van der Waals surface area contributed by atoms with Crippen LogP contribution in [-0.2, 0) is 17.8 Å². The Balaban J connectivity index is 0.00000245. The van der Waals surface area contributed by atoms with Crippen molar-refractivity contribution < 1.29 is 4.79 Å². The van der Waals surface area contributed by atoms with E-state index in [1.54, 1.807) is 0 Å². The lowest BCUT2D eigenvalue weighted by Gasteiger charge is -2.37. The number of carbonyl (C=O) groups excluding carboxylic acids is 1. The van der Waals surface area contributed by atoms with E-state index in [1.165, 1.54) is 0 Å². The Kier molecular flexibility index (Phi) is 5.73. The van der Waals surface area contributed by atoms with Gasteiger partial charge in [0.25, 0.3) is 0 Å². The van der Waals surface area contributed by atoms with Gasteiger partial charge in [-0.3, -0.25) is 14.1 Å². The molecule has 2 aromatic heterocycles. The van der Waals surface area contributed by atoms with Crippen LogP contribution >= 0.6 is 0 Å². The number of anilines is 1. The standard InChI is InChI=1S/C23H23N7O.CH4/c24-11-15-5-9-29(10-6-15)23-18-13-28(14-21(26)31)8-7-16(18)17(12-25)22-27-19-3-1-2-4-20(19)30(22)23;/h1-4,15H,5-10,13-14H2,(H2,26,31);1H4. The Morgan fingerprint density at radius 3 is 2.59 bits per heavy atom. The van der Waals surface area contributed by atoms with Crippen molar-refractivity contribution in [2.45, 2.75) is 33.2 Å². The molecule has 4 heterocycles. The number of amides is 1. The molecule has 0 spiro atoms. The molecule has 1 aromatic carbocycles. The number of rotatable bonds is 3. The number of fused-ring (bicyclic) bond motifs is 4. The zero-order valence-electron chi connectivity index (χ0n) is 17.2. The van der Waals surface area contributed by atoms with Gasteiger partial charge in [-0.2, -0.15) is 10.5 Å². The summed E-state index contributed by atoms with van der Waals surface area (Å²) in [5.74, 6) is 0.754. The first kappa shape index (κ1) is 21.6. The van der Waals surface area contributed by atoms with Crippen LogP contribution in [0.2, 0.25) is 0 Å². The summed E-state index contributed by atoms with van der Waals surface area (Å²) in [6.07, 6.45) is 2.29. The second-order valence-corrected chi connectivity index (χ2v) is 8.34. The normalized spacial score (nSPS) is 16.9. The summed E-state index contributed by atoms with van der Waals surface area (Å²) in [7, 11) is 0. The minimum Gasteiger partial charge on any atom is -0.369 e. The van der Waals surface area contributed by atoms with Gasteiger partial charge in [0, 0.05) is 37.7 Å². The summed E-state index contributed by atoms with van der Waals surface area (Å²) in [6, 6.07) is 12.7. The molecule has 2 N–H and O–H groups in total. The molecule has 5 rings (SSSR count). The van der Waals surface area contributed by atoms with E-state index in [-0.39, 0.29) is 25.8 Å². The number of pyridine rings is 1. The third-order valence-electron chi connectivity index (χ3n) is 6.46. The first-order chi connectivity index (χ1) is 15.1. The quantitative estimate of drug-likeness (QED) is 0.684. The molecule has 2 aliphatic heterocycles. The van der Waals surface area contributed by atoms with Gasteiger partial charge in [0.15, 0.2) is 5.65 Å². The molecular formula is C24H27N7O. The van der Waals surface area contributed by atoms with E-state index in [4.69, 9.17) is 10.7 Å². The van der Waals surface area contributed by atoms with Gasteiger partial charge in [0.1, 0.15) is 11.9 Å². The zero-order chi connectivity index (χ0) is 21.5. The number of hydrogen-bond donors (Lipinski definition) is 1. The van der Waals surface area contributed by atoms with Crippen molar-refractivity contribution in [1.29, 1.82) is 10.5 Å². The summed E-state index contributed by atoms with van der Waals surface area (Å²) in [5.41, 5.74) is 10.7. The van der Waals surface area contributed by atoms with Crippen LogP contribution in [0.5, 0.6) is 0 Å². The third-order valence-corrected chi connectivity index (χ3v) is 6.46. The highest BCUT2D eigenvalue weighted by molar-refractivity contribution is 5.86. The number of carbonyl (C=O) groups is 1. The topological polar surface area (TPSA) is 114 Å². The van der Waals surface area contributed by atoms with Gasteiger partial charge in [-0.05, 0) is 37.0 Å². The van der Waals surface area contributed by atoms with Gasteiger partial charge in [-0.15, -0.1) is 0 Å². The summed E-state index contributed by atoms with van der Waals surface area (Å²) >= 11 is 0. The number of benzene rings is 1. The van der Waals surface area contributed by atoms with Crippen LogP contribution in [0, 0.1) is 28.6 Å². The predicted octanol–water partition coefficient (Wildman–Crippen LogP) is 2.58. The van der Waals surface area contributed by atoms with Crippen molar-refractivity contribution >= 4 is 28.4 Å². The molecule has 0 aliphatic carbocycles. The highest BCUT2D eigenvalue weighted by atomic mass is 16.1. The summed E-state index contributed by atoms with van der Waals surface area (Å²) in [5, 5.41) is 19.4. The molecule has 3 aromatic rings. The number of primary amides is 1. The number of nitrogens with two attached hydrogens (primary N) is 1. The van der Waals surface area contributed by atoms with Crippen molar-refractivity contribution in [3.8, 4) is 12.1 Å². The van der Waals surface area contributed by atoms with Crippen LogP contribution in [0.4, 0.5) is 5.82 Å². The van der Waals surface area contributed by atoms with E-state index in [0.29, 0.717) is 30.7 Å². The number of nitrogens with zero attached hydrogens (tertiary/aromatic N) is 6. The second kappa shape index (κ2) is 8.49. The highest BCUT2D eigenvalue weighted by Crippen LogP contribution is 2.37. The Bertz CT molecular complexity index is 1270. The number of imidazole rings is 1. The Morgan fingerprint density at radius 2 is 1.91 bits per heavy atom. The van der Waals surface area contributed by atoms with Crippen LogP contribution in [0.3, 0.4) is 0 Å². The Labute approximate surface area is 187 Å². The van der Waals surface area contributed by atoms with Crippen LogP contribution < -0.4 is 10.6 Å². The molecule has 0 unspecified atom stereocenters. The first-order valence-corrected chi connectivity index (χ1v) is 10.6. The van der Waals surface area contributed by atoms with Gasteiger partial charge in [0.05, 0.1) is 29.2 Å². The fourth-order valence-electron chi connectivity index (χ4n) is 5.00. The highest BCUT2D eigenvalue weighted by Gasteiger charge is 2.31. The molecule has 8 nitrogen and oxygen atoms in total. The molecule has 164 valence electrons. The molecule has 1 saturated heterocycles. The van der Waals surface area contributed by atoms with Crippen molar-refractivity contribution in [2.75, 3.05) is 31.1 Å². The Morgan fingerprint density at radius 1 is 1.16 bits per heavy atom. The number of aromatic nitrogens is 2. The van der Waals surface area contributed by atoms with E-state index in [0.717, 1.165) is 53.9 Å². The first-order valence-electron chi connectivity index (χ1n) is 10.6. The van der Waals surface area contributed by atoms with Crippen LogP contribution in [0.1, 0.15) is 37.0 Å². The molecule has 0 radical (unpaired) electrons. The summed E-state index contributed by atoms with van der Waals surface area (Å²) < 4.78 is 2.10. The van der Waals surface area contributed by atoms with Crippen molar-refractivity contribution in [3.63, 3.8) is 0 Å². The van der Waals surface area contributed by atoms with Crippen molar-refractivity contribution in [2.24, 2.45) is 11.7 Å². The molecule has 1 fully saturated rings. The molecule has 8 heteroatoms. The van der Waals surface area contributed by atoms with E-state index in [2.05, 4.69) is 21.4 Å². The average Bonchev–Trinajstić information content (AvgIpc) is 3.16. The lowest BCUT2D eigenvalue weighted by Crippen LogP contribution is -2.40. The van der Waals surface area contributed by atoms with Gasteiger partial charge in [0.2, 0.25) is 5.91 Å². The largest absolute Gasteiger partial charge is 0.369 e. The molecule has 0 atom stereocenters. The van der Waals surface area contributed by atoms with Gasteiger partial charge in [-0.25, -0.2) is 4.98 Å². The number of para-hydroxylation sites is 2. The van der Waals surface area contributed by atoms with Crippen LogP contribution in [0.15, 0.2) is 24.3 Å². The molecule has 2 aliphatic rings. The predicted molar refractivity (Wildman–Crippen MR) is 123 cm³/mol. The smallest absolute Gasteiger partial charge is 0.231 e. The molecule has 1 amide bonds. The minimum absolute atomic E-state index is 0. The van der Waals surface area contributed by atoms with E-state index >= 15 is 0 Å². The minimum atomic E-state index is -0.352. The molecule has 32 heavy (non-hydrogen) atoms. The third kappa shape index (κ3) is 3.43. The van der Waals surface area contributed by atoms with E-state index in [9.17, 15) is 15.3 Å². The number of piperidine rings is 1. The van der Waals surface area contributed by atoms with Gasteiger partial charge < -0.3 is 10.6 Å². The molecule has 0 saturated carbocycles. The number of hydrogen-bond acceptors (Lipinski definition) is 6. The van der Waals surface area contributed by atoms with Crippen LogP contribution in [0.25, 0.3) is 16.7 Å². The summed E-state index contributed by atoms with van der Waals surface area (Å²) in [4.78, 5) is 20.8. The summed E-state index contributed by atoms with van der Waals surface area (Å²) in [6.45, 7) is 2.97. The second-order valence-electron chi connectivity index (χ2n) is 8.34. The lowest BCUT2D eigenvalue weighted by molar-refractivity contribution is -0.119. The number of nitriles is 2. The van der Waals surface area contributed by atoms with Crippen LogP contribution in [-0.4, -0.2) is 46.4 Å².